The maximum atomic E-state index is 13.1. The van der Waals surface area contributed by atoms with E-state index in [4.69, 9.17) is 37.0 Å². The van der Waals surface area contributed by atoms with Crippen LogP contribution in [0, 0.1) is 0 Å². The Morgan fingerprint density at radius 2 is 0.530 bits per heavy atom. The fourth-order valence-corrected chi connectivity index (χ4v) is 11.9. The number of hydrogen-bond acceptors (Lipinski definition) is 15. The van der Waals surface area contributed by atoms with Gasteiger partial charge in [0.05, 0.1) is 26.4 Å². The second-order valence-corrected chi connectivity index (χ2v) is 28.8. The largest absolute Gasteiger partial charge is 0.472 e. The zero-order valence-electron chi connectivity index (χ0n) is 62.8. The Labute approximate surface area is 607 Å². The van der Waals surface area contributed by atoms with Gasteiger partial charge in [-0.25, -0.2) is 9.13 Å². The summed E-state index contributed by atoms with van der Waals surface area (Å²) >= 11 is 0. The minimum atomic E-state index is -4.99. The number of unbranched alkanes of at least 4 members (excludes halogenated alkanes) is 29. The van der Waals surface area contributed by atoms with Crippen molar-refractivity contribution in [1.82, 2.24) is 0 Å². The van der Waals surface area contributed by atoms with Crippen LogP contribution < -0.4 is 0 Å². The molecule has 0 aliphatic carbocycles. The Bertz CT molecular complexity index is 2320. The lowest BCUT2D eigenvalue weighted by molar-refractivity contribution is -0.161. The predicted molar refractivity (Wildman–Crippen MR) is 408 cm³/mol. The number of phosphoric ester groups is 2. The first kappa shape index (κ1) is 95.7. The Kier molecular flexibility index (Phi) is 69.9. The number of hydrogen-bond donors (Lipinski definition) is 3. The fraction of sp³-hybridized carbons (Fsp3) is 0.728. The molecular formula is C81H140O17P2. The maximum absolute atomic E-state index is 13.1. The van der Waals surface area contributed by atoms with E-state index in [1.165, 1.54) is 89.9 Å². The van der Waals surface area contributed by atoms with E-state index in [0.717, 1.165) is 148 Å². The van der Waals surface area contributed by atoms with Crippen LogP contribution in [0.15, 0.2) is 109 Å². The first-order valence-electron chi connectivity index (χ1n) is 39.1. The second kappa shape index (κ2) is 73.0. The third-order valence-corrected chi connectivity index (χ3v) is 18.1. The highest BCUT2D eigenvalue weighted by atomic mass is 31.2. The summed E-state index contributed by atoms with van der Waals surface area (Å²) in [5.74, 6) is -2.26. The molecular weight excluding hydrogens is 1310 g/mol. The molecule has 0 heterocycles. The third-order valence-electron chi connectivity index (χ3n) is 16.2. The van der Waals surface area contributed by atoms with Crippen molar-refractivity contribution in [2.24, 2.45) is 0 Å². The summed E-state index contributed by atoms with van der Waals surface area (Å²) in [5, 5.41) is 10.6. The molecule has 5 atom stereocenters. The van der Waals surface area contributed by atoms with Crippen molar-refractivity contribution in [2.45, 2.75) is 341 Å². The predicted octanol–water partition coefficient (Wildman–Crippen LogP) is 22.6. The zero-order chi connectivity index (χ0) is 73.2. The molecule has 576 valence electrons. The van der Waals surface area contributed by atoms with Gasteiger partial charge >= 0.3 is 39.5 Å². The summed E-state index contributed by atoms with van der Waals surface area (Å²) in [4.78, 5) is 72.9. The van der Waals surface area contributed by atoms with E-state index in [1.807, 2.05) is 12.2 Å². The smallest absolute Gasteiger partial charge is 0.462 e. The average molecular weight is 1450 g/mol. The monoisotopic (exact) mass is 1450 g/mol. The highest BCUT2D eigenvalue weighted by molar-refractivity contribution is 7.47. The number of carbonyl (C=O) groups is 4. The molecule has 0 bridgehead atoms. The fourth-order valence-electron chi connectivity index (χ4n) is 10.3. The molecule has 0 rings (SSSR count). The first-order valence-corrected chi connectivity index (χ1v) is 42.1. The number of ether oxygens (including phenoxy) is 4. The summed E-state index contributed by atoms with van der Waals surface area (Å²) in [6, 6.07) is 0. The molecule has 5 unspecified atom stereocenters. The summed E-state index contributed by atoms with van der Waals surface area (Å²) in [6.07, 6.45) is 77.9. The van der Waals surface area contributed by atoms with Gasteiger partial charge in [-0.15, -0.1) is 0 Å². The number of carbonyl (C=O) groups excluding carboxylic acids is 4. The Balaban J connectivity index is 5.40. The molecule has 0 amide bonds. The highest BCUT2D eigenvalue weighted by Crippen LogP contribution is 2.45. The molecule has 19 heteroatoms. The van der Waals surface area contributed by atoms with Gasteiger partial charge in [0, 0.05) is 25.7 Å². The lowest BCUT2D eigenvalue weighted by atomic mass is 10.0. The average Bonchev–Trinajstić information content (AvgIpc) is 1.06. The van der Waals surface area contributed by atoms with Crippen LogP contribution in [0.1, 0.15) is 323 Å². The molecule has 0 aromatic carbocycles. The van der Waals surface area contributed by atoms with E-state index in [-0.39, 0.29) is 25.7 Å². The van der Waals surface area contributed by atoms with Gasteiger partial charge in [0.25, 0.3) is 0 Å². The molecule has 100 heavy (non-hydrogen) atoms. The number of esters is 4. The van der Waals surface area contributed by atoms with Crippen molar-refractivity contribution in [3.63, 3.8) is 0 Å². The van der Waals surface area contributed by atoms with Gasteiger partial charge in [0.2, 0.25) is 0 Å². The van der Waals surface area contributed by atoms with Crippen LogP contribution in [0.5, 0.6) is 0 Å². The quantitative estimate of drug-likeness (QED) is 0.0169. The lowest BCUT2D eigenvalue weighted by Gasteiger charge is -2.21. The van der Waals surface area contributed by atoms with Crippen LogP contribution in [0.2, 0.25) is 0 Å². The Hall–Kier alpha value is -4.28. The number of aliphatic hydroxyl groups is 1. The van der Waals surface area contributed by atoms with E-state index >= 15 is 0 Å². The van der Waals surface area contributed by atoms with Gasteiger partial charge < -0.3 is 33.8 Å². The van der Waals surface area contributed by atoms with Gasteiger partial charge in [-0.2, -0.15) is 0 Å². The molecule has 0 aromatic rings. The van der Waals surface area contributed by atoms with Crippen molar-refractivity contribution < 1.29 is 80.2 Å². The van der Waals surface area contributed by atoms with Gasteiger partial charge in [0.1, 0.15) is 19.3 Å². The van der Waals surface area contributed by atoms with Crippen molar-refractivity contribution in [3.05, 3.63) is 109 Å². The molecule has 17 nitrogen and oxygen atoms in total. The molecule has 0 saturated heterocycles. The van der Waals surface area contributed by atoms with Crippen molar-refractivity contribution >= 4 is 39.5 Å². The normalized spacial score (nSPS) is 14.5. The maximum Gasteiger partial charge on any atom is 0.472 e. The van der Waals surface area contributed by atoms with Crippen LogP contribution in [-0.4, -0.2) is 96.7 Å². The molecule has 3 N–H and O–H groups in total. The van der Waals surface area contributed by atoms with Crippen molar-refractivity contribution in [1.29, 1.82) is 0 Å². The minimum Gasteiger partial charge on any atom is -0.462 e. The number of phosphoric acid groups is 2. The molecule has 0 saturated carbocycles. The standard InChI is InChI=1S/C81H140O17P2/c1-5-9-13-17-21-25-29-33-36-37-40-43-46-50-54-58-62-66-79(84)92-72-77(98-81(86)68-64-60-56-52-48-44-39-35-31-27-23-19-15-11-7-3)74-96-100(89,90)94-70-75(82)69-93-99(87,88)95-73-76(97-80(85)67-63-59-55-51-47-41-32-28-24-20-16-12-8-4)71-91-78(83)65-61-57-53-49-45-42-38-34-30-26-22-18-14-10-6-2/h9-10,13-14,21-22,25-26,28,32-34,36,38,40,43,50,54,75-77,82H,5-8,11-12,15-20,23-24,27,29-31,35,37,39,41-42,44-49,51-53,55-74H2,1-4H3,(H,87,88)(H,89,90)/b13-9-,14-10-,25-21-,26-22-,32-28-,36-33-,38-34-,43-40-,54-50-. The van der Waals surface area contributed by atoms with E-state index < -0.39 is 97.5 Å². The van der Waals surface area contributed by atoms with Crippen LogP contribution in [0.4, 0.5) is 0 Å². The van der Waals surface area contributed by atoms with E-state index in [9.17, 15) is 43.2 Å². The number of aliphatic hydroxyl groups excluding tert-OH is 1. The van der Waals surface area contributed by atoms with Gasteiger partial charge in [-0.05, 0) is 122 Å². The second-order valence-electron chi connectivity index (χ2n) is 25.9. The van der Waals surface area contributed by atoms with Crippen molar-refractivity contribution in [3.8, 4) is 0 Å². The molecule has 0 spiro atoms. The molecule has 0 aliphatic heterocycles. The summed E-state index contributed by atoms with van der Waals surface area (Å²) in [5.41, 5.74) is 0. The number of rotatable bonds is 73. The van der Waals surface area contributed by atoms with Gasteiger partial charge in [0.15, 0.2) is 12.2 Å². The van der Waals surface area contributed by atoms with Gasteiger partial charge in [-0.1, -0.05) is 285 Å². The van der Waals surface area contributed by atoms with Crippen molar-refractivity contribution in [2.75, 3.05) is 39.6 Å². The van der Waals surface area contributed by atoms with E-state index in [1.54, 1.807) is 0 Å². The summed E-state index contributed by atoms with van der Waals surface area (Å²) < 4.78 is 68.5. The molecule has 0 aliphatic rings. The molecule has 0 aromatic heterocycles. The lowest BCUT2D eigenvalue weighted by Crippen LogP contribution is -2.30. The number of allylic oxidation sites excluding steroid dienone is 18. The van der Waals surface area contributed by atoms with Crippen LogP contribution in [-0.2, 0) is 65.4 Å². The summed E-state index contributed by atoms with van der Waals surface area (Å²) in [6.45, 7) is 4.57. The molecule has 0 radical (unpaired) electrons. The Morgan fingerprint density at radius 1 is 0.290 bits per heavy atom. The third kappa shape index (κ3) is 72.1. The van der Waals surface area contributed by atoms with Crippen LogP contribution in [0.3, 0.4) is 0 Å². The van der Waals surface area contributed by atoms with E-state index in [0.29, 0.717) is 32.1 Å². The van der Waals surface area contributed by atoms with Gasteiger partial charge in [-0.3, -0.25) is 37.3 Å². The highest BCUT2D eigenvalue weighted by Gasteiger charge is 2.30. The van der Waals surface area contributed by atoms with E-state index in [2.05, 4.69) is 125 Å². The zero-order valence-corrected chi connectivity index (χ0v) is 64.6. The summed E-state index contributed by atoms with van der Waals surface area (Å²) in [7, 11) is -9.97. The topological polar surface area (TPSA) is 237 Å². The van der Waals surface area contributed by atoms with Crippen LogP contribution >= 0.6 is 15.6 Å². The minimum absolute atomic E-state index is 0.0795. The van der Waals surface area contributed by atoms with Crippen LogP contribution in [0.25, 0.3) is 0 Å². The SMILES string of the molecule is CC/C=C\C/C=C\C/C=C\C/C=C\C/C=C\CCCC(=O)OCC(COP(=O)(O)OCC(O)COP(=O)(O)OCC(COC(=O)CCCCCCC/C=C\C/C=C\C/C=C\CC)OC(=O)CCCCCCC/C=C\CCCCCC)OC(=O)CCCCCCCCCCCCCCCCC. The Morgan fingerprint density at radius 3 is 0.860 bits per heavy atom. The first-order chi connectivity index (χ1) is 48.7. The molecule has 0 fully saturated rings.